The molecule has 0 aliphatic rings. The van der Waals surface area contributed by atoms with Gasteiger partial charge in [-0.05, 0) is 37.7 Å². The molecular weight excluding hydrogens is 432 g/mol. The maximum atomic E-state index is 12.5. The zero-order valence-corrected chi connectivity index (χ0v) is 19.5. The van der Waals surface area contributed by atoms with Gasteiger partial charge in [0.05, 0.1) is 12.1 Å². The number of amides is 3. The normalized spacial score (nSPS) is 16.1. The largest absolute Gasteiger partial charge is 0.480 e. The highest BCUT2D eigenvalue weighted by Crippen LogP contribution is 2.05. The smallest absolute Gasteiger partial charge is 0.326 e. The molecule has 0 aromatic heterocycles. The Kier molecular flexibility index (Phi) is 13.8. The Balaban J connectivity index is 5.12. The fourth-order valence-electron chi connectivity index (χ4n) is 2.50. The molecule has 0 heterocycles. The fraction of sp³-hybridized carbons (Fsp3) is 0.778. The van der Waals surface area contributed by atoms with Gasteiger partial charge in [-0.15, -0.1) is 0 Å². The average molecular weight is 467 g/mol. The van der Waals surface area contributed by atoms with E-state index in [0.29, 0.717) is 12.2 Å². The topological polar surface area (TPSA) is 171 Å². The number of hydrogen-bond acceptors (Lipinski definition) is 8. The molecule has 5 unspecified atom stereocenters. The van der Waals surface area contributed by atoms with Crippen LogP contribution in [0.3, 0.4) is 0 Å². The van der Waals surface area contributed by atoms with E-state index < -0.39 is 54.0 Å². The lowest BCUT2D eigenvalue weighted by atomic mass is 10.0. The number of aliphatic hydroxyl groups excluding tert-OH is 1. The monoisotopic (exact) mass is 466 g/mol. The number of aliphatic hydroxyl groups is 1. The number of carboxylic acids is 1. The Bertz CT molecular complexity index is 591. The van der Waals surface area contributed by atoms with Crippen molar-refractivity contribution in [1.82, 2.24) is 16.0 Å². The van der Waals surface area contributed by atoms with Crippen molar-refractivity contribution >= 4 is 48.1 Å². The molecule has 0 spiro atoms. The molecular formula is C18H34N4O6S2. The first-order chi connectivity index (χ1) is 13.9. The highest BCUT2D eigenvalue weighted by Gasteiger charge is 2.32. The number of thiol groups is 1. The first-order valence-corrected chi connectivity index (χ1v) is 11.6. The van der Waals surface area contributed by atoms with Crippen molar-refractivity contribution < 1.29 is 29.4 Å². The molecule has 0 fully saturated rings. The first kappa shape index (κ1) is 28.5. The van der Waals surface area contributed by atoms with Crippen LogP contribution >= 0.6 is 24.4 Å². The maximum Gasteiger partial charge on any atom is 0.326 e. The van der Waals surface area contributed by atoms with Crippen LogP contribution in [0.4, 0.5) is 0 Å². The highest BCUT2D eigenvalue weighted by atomic mass is 32.2. The first-order valence-electron chi connectivity index (χ1n) is 9.61. The number of nitrogens with one attached hydrogen (secondary N) is 3. The summed E-state index contributed by atoms with van der Waals surface area (Å²) in [4.78, 5) is 48.5. The minimum Gasteiger partial charge on any atom is -0.480 e. The predicted molar refractivity (Wildman–Crippen MR) is 119 cm³/mol. The summed E-state index contributed by atoms with van der Waals surface area (Å²) in [5.41, 5.74) is 5.81. The lowest BCUT2D eigenvalue weighted by Crippen LogP contribution is -2.60. The second-order valence-electron chi connectivity index (χ2n) is 7.39. The van der Waals surface area contributed by atoms with Gasteiger partial charge < -0.3 is 31.9 Å². The molecule has 0 rings (SSSR count). The molecule has 0 aliphatic carbocycles. The standard InChI is InChI=1S/C18H34N4O6S2/c1-9(2)7-11(19)15(24)21-13(8-29)16(25)22-14(10(3)23)17(26)20-12(18(27)28)5-6-30-4/h9-14,23,29H,5-8,19H2,1-4H3,(H,20,26)(H,21,24)(H,22,25)(H,27,28). The molecule has 30 heavy (non-hydrogen) atoms. The van der Waals surface area contributed by atoms with Crippen molar-refractivity contribution in [2.45, 2.75) is 63.9 Å². The van der Waals surface area contributed by atoms with Gasteiger partial charge in [-0.2, -0.15) is 24.4 Å². The average Bonchev–Trinajstić information content (AvgIpc) is 2.65. The summed E-state index contributed by atoms with van der Waals surface area (Å²) in [6.45, 7) is 5.10. The van der Waals surface area contributed by atoms with Gasteiger partial charge >= 0.3 is 5.97 Å². The van der Waals surface area contributed by atoms with Gasteiger partial charge in [0, 0.05) is 5.75 Å². The summed E-state index contributed by atoms with van der Waals surface area (Å²) in [7, 11) is 0. The zero-order chi connectivity index (χ0) is 23.4. The van der Waals surface area contributed by atoms with Gasteiger partial charge in [0.1, 0.15) is 18.1 Å². The third-order valence-corrected chi connectivity index (χ3v) is 5.17. The van der Waals surface area contributed by atoms with Crippen molar-refractivity contribution in [3.8, 4) is 0 Å². The van der Waals surface area contributed by atoms with Crippen molar-refractivity contribution in [2.24, 2.45) is 11.7 Å². The minimum absolute atomic E-state index is 0.0639. The zero-order valence-electron chi connectivity index (χ0n) is 17.8. The van der Waals surface area contributed by atoms with Crippen LogP contribution in [0.25, 0.3) is 0 Å². The predicted octanol–water partition coefficient (Wildman–Crippen LogP) is -1.04. The number of aliphatic carboxylic acids is 1. The van der Waals surface area contributed by atoms with Crippen molar-refractivity contribution in [2.75, 3.05) is 17.8 Å². The van der Waals surface area contributed by atoms with Gasteiger partial charge in [-0.3, -0.25) is 14.4 Å². The Hall–Kier alpha value is -1.50. The third kappa shape index (κ3) is 10.5. The molecule has 0 aliphatic heterocycles. The summed E-state index contributed by atoms with van der Waals surface area (Å²) < 4.78 is 0. The number of carbonyl (C=O) groups excluding carboxylic acids is 3. The van der Waals surface area contributed by atoms with Crippen LogP contribution in [-0.4, -0.2) is 81.9 Å². The van der Waals surface area contributed by atoms with E-state index in [4.69, 9.17) is 5.73 Å². The second-order valence-corrected chi connectivity index (χ2v) is 8.74. The highest BCUT2D eigenvalue weighted by molar-refractivity contribution is 7.98. The summed E-state index contributed by atoms with van der Waals surface area (Å²) in [5.74, 6) is -2.70. The van der Waals surface area contributed by atoms with Crippen LogP contribution in [0.15, 0.2) is 0 Å². The van der Waals surface area contributed by atoms with E-state index in [-0.39, 0.29) is 18.1 Å². The molecule has 5 atom stereocenters. The lowest BCUT2D eigenvalue weighted by molar-refractivity contribution is -0.143. The Morgan fingerprint density at radius 1 is 1.00 bits per heavy atom. The summed E-state index contributed by atoms with van der Waals surface area (Å²) in [6.07, 6.45) is 1.12. The number of carbonyl (C=O) groups is 4. The Labute approximate surface area is 186 Å². The van der Waals surface area contributed by atoms with Crippen LogP contribution < -0.4 is 21.7 Å². The van der Waals surface area contributed by atoms with Gasteiger partial charge in [-0.1, -0.05) is 13.8 Å². The van der Waals surface area contributed by atoms with Crippen molar-refractivity contribution in [1.29, 1.82) is 0 Å². The summed E-state index contributed by atoms with van der Waals surface area (Å²) >= 11 is 5.48. The molecule has 0 saturated carbocycles. The summed E-state index contributed by atoms with van der Waals surface area (Å²) in [6, 6.07) is -4.45. The van der Waals surface area contributed by atoms with Crippen LogP contribution in [0.2, 0.25) is 0 Å². The van der Waals surface area contributed by atoms with Crippen LogP contribution in [0.5, 0.6) is 0 Å². The van der Waals surface area contributed by atoms with Crippen molar-refractivity contribution in [3.63, 3.8) is 0 Å². The number of carboxylic acid groups (broad SMARTS) is 1. The fourth-order valence-corrected chi connectivity index (χ4v) is 3.23. The number of thioether (sulfide) groups is 1. The minimum atomic E-state index is -1.41. The molecule has 3 amide bonds. The third-order valence-electron chi connectivity index (χ3n) is 4.17. The molecule has 0 radical (unpaired) electrons. The SMILES string of the molecule is CSCCC(NC(=O)C(NC(=O)C(CS)NC(=O)C(N)CC(C)C)C(C)O)C(=O)O. The second kappa shape index (κ2) is 14.5. The number of hydrogen-bond donors (Lipinski definition) is 7. The maximum absolute atomic E-state index is 12.5. The van der Waals surface area contributed by atoms with Gasteiger partial charge in [0.25, 0.3) is 0 Å². The number of nitrogens with two attached hydrogens (primary N) is 1. The van der Waals surface area contributed by atoms with E-state index in [1.165, 1.54) is 18.7 Å². The lowest BCUT2D eigenvalue weighted by Gasteiger charge is -2.26. The molecule has 12 heteroatoms. The van der Waals surface area contributed by atoms with E-state index >= 15 is 0 Å². The molecule has 10 nitrogen and oxygen atoms in total. The Morgan fingerprint density at radius 2 is 1.57 bits per heavy atom. The number of rotatable bonds is 14. The van der Waals surface area contributed by atoms with Gasteiger partial charge in [0.2, 0.25) is 17.7 Å². The van der Waals surface area contributed by atoms with E-state index in [0.717, 1.165) is 0 Å². The van der Waals surface area contributed by atoms with E-state index in [1.807, 2.05) is 13.8 Å². The molecule has 0 saturated heterocycles. The van der Waals surface area contributed by atoms with Gasteiger partial charge in [-0.25, -0.2) is 4.79 Å². The molecule has 174 valence electrons. The van der Waals surface area contributed by atoms with E-state index in [2.05, 4.69) is 28.6 Å². The Morgan fingerprint density at radius 3 is 2.00 bits per heavy atom. The summed E-state index contributed by atoms with van der Waals surface area (Å²) in [5, 5.41) is 26.3. The molecule has 7 N–H and O–H groups in total. The van der Waals surface area contributed by atoms with Crippen molar-refractivity contribution in [3.05, 3.63) is 0 Å². The van der Waals surface area contributed by atoms with Crippen LogP contribution in [0, 0.1) is 5.92 Å². The van der Waals surface area contributed by atoms with E-state index in [1.54, 1.807) is 6.26 Å². The van der Waals surface area contributed by atoms with Gasteiger partial charge in [0.15, 0.2) is 0 Å². The molecule has 0 aromatic carbocycles. The molecule has 0 aromatic rings. The molecule has 0 bridgehead atoms. The van der Waals surface area contributed by atoms with Crippen LogP contribution in [0.1, 0.15) is 33.6 Å². The van der Waals surface area contributed by atoms with E-state index in [9.17, 15) is 29.4 Å². The van der Waals surface area contributed by atoms with Crippen LogP contribution in [-0.2, 0) is 19.2 Å². The quantitative estimate of drug-likeness (QED) is 0.159.